The Balaban J connectivity index is 1.75. The van der Waals surface area contributed by atoms with Crippen molar-refractivity contribution in [3.63, 3.8) is 0 Å². The summed E-state index contributed by atoms with van der Waals surface area (Å²) in [6.07, 6.45) is -0.396. The van der Waals surface area contributed by atoms with Crippen LogP contribution in [0.4, 0.5) is 0 Å². The Labute approximate surface area is 194 Å². The molecule has 0 amide bonds. The highest BCUT2D eigenvalue weighted by molar-refractivity contribution is 6.08. The third-order valence-corrected chi connectivity index (χ3v) is 5.18. The second-order valence-corrected chi connectivity index (χ2v) is 7.45. The zero-order chi connectivity index (χ0) is 23.5. The van der Waals surface area contributed by atoms with Crippen molar-refractivity contribution in [2.24, 2.45) is 5.92 Å². The van der Waals surface area contributed by atoms with Gasteiger partial charge in [0, 0.05) is 5.56 Å². The molecule has 0 aromatic heterocycles. The fourth-order valence-corrected chi connectivity index (χ4v) is 3.34. The van der Waals surface area contributed by atoms with E-state index in [0.29, 0.717) is 17.9 Å². The van der Waals surface area contributed by atoms with Crippen molar-refractivity contribution in [2.75, 3.05) is 20.8 Å². The molecule has 6 heteroatoms. The lowest BCUT2D eigenvalue weighted by Crippen LogP contribution is -2.33. The van der Waals surface area contributed by atoms with Crippen molar-refractivity contribution < 1.29 is 28.5 Å². The number of hydrogen-bond acceptors (Lipinski definition) is 6. The highest BCUT2D eigenvalue weighted by Crippen LogP contribution is 2.21. The molecule has 3 aromatic carbocycles. The van der Waals surface area contributed by atoms with Crippen LogP contribution < -0.4 is 9.47 Å². The molecule has 172 valence electrons. The van der Waals surface area contributed by atoms with E-state index < -0.39 is 18.0 Å². The van der Waals surface area contributed by atoms with Crippen LogP contribution in [0, 0.1) is 5.92 Å². The lowest BCUT2D eigenvalue weighted by atomic mass is 9.92. The Morgan fingerprint density at radius 2 is 1.42 bits per heavy atom. The summed E-state index contributed by atoms with van der Waals surface area (Å²) in [5, 5.41) is 0. The van der Waals surface area contributed by atoms with Gasteiger partial charge in [-0.25, -0.2) is 0 Å². The Hall–Kier alpha value is -3.64. The fraction of sp³-hybridized carbons (Fsp3) is 0.259. The highest BCUT2D eigenvalue weighted by Gasteiger charge is 2.32. The van der Waals surface area contributed by atoms with E-state index in [-0.39, 0.29) is 18.8 Å². The first-order valence-electron chi connectivity index (χ1n) is 10.7. The molecule has 2 atom stereocenters. The molecule has 6 nitrogen and oxygen atoms in total. The standard InChI is InChI=1S/C27H28O6/c1-30-22-15-13-20(14-16-22)18-32-24(19-33-23-11-7-4-8-12-23)17-25(27(29)31-2)26(28)21-9-5-3-6-10-21/h3-16,24-25H,17-19H2,1-2H3. The maximum absolute atomic E-state index is 13.1. The van der Waals surface area contributed by atoms with E-state index in [0.717, 1.165) is 11.3 Å². The van der Waals surface area contributed by atoms with Crippen LogP contribution in [-0.2, 0) is 20.9 Å². The van der Waals surface area contributed by atoms with E-state index in [1.165, 1.54) is 7.11 Å². The lowest BCUT2D eigenvalue weighted by Gasteiger charge is -2.22. The van der Waals surface area contributed by atoms with Crippen LogP contribution in [0.25, 0.3) is 0 Å². The molecule has 0 heterocycles. The quantitative estimate of drug-likeness (QED) is 0.227. The summed E-state index contributed by atoms with van der Waals surface area (Å²) in [7, 11) is 2.89. The van der Waals surface area contributed by atoms with Gasteiger partial charge in [0.05, 0.1) is 26.9 Å². The topological polar surface area (TPSA) is 71.1 Å². The van der Waals surface area contributed by atoms with E-state index in [9.17, 15) is 9.59 Å². The van der Waals surface area contributed by atoms with Crippen LogP contribution in [0.1, 0.15) is 22.3 Å². The SMILES string of the molecule is COC(=O)C(CC(COc1ccccc1)OCc1ccc(OC)cc1)C(=O)c1ccccc1. The van der Waals surface area contributed by atoms with E-state index in [4.69, 9.17) is 18.9 Å². The van der Waals surface area contributed by atoms with Gasteiger partial charge in [-0.15, -0.1) is 0 Å². The first kappa shape index (κ1) is 24.0. The predicted molar refractivity (Wildman–Crippen MR) is 124 cm³/mol. The number of methoxy groups -OCH3 is 2. The first-order valence-corrected chi connectivity index (χ1v) is 10.7. The summed E-state index contributed by atoms with van der Waals surface area (Å²) in [5.41, 5.74) is 1.38. The monoisotopic (exact) mass is 448 g/mol. The van der Waals surface area contributed by atoms with Crippen LogP contribution in [0.3, 0.4) is 0 Å². The van der Waals surface area contributed by atoms with Crippen molar-refractivity contribution >= 4 is 11.8 Å². The number of ketones is 1. The fourth-order valence-electron chi connectivity index (χ4n) is 3.34. The summed E-state index contributed by atoms with van der Waals surface area (Å²) in [6.45, 7) is 0.468. The number of Topliss-reactive ketones (excluding diaryl/α,β-unsaturated/α-hetero) is 1. The number of para-hydroxylation sites is 1. The Bertz CT molecular complexity index is 1000. The average molecular weight is 449 g/mol. The van der Waals surface area contributed by atoms with Gasteiger partial charge in [0.1, 0.15) is 24.0 Å². The van der Waals surface area contributed by atoms with Crippen LogP contribution in [0.2, 0.25) is 0 Å². The third-order valence-electron chi connectivity index (χ3n) is 5.18. The first-order chi connectivity index (χ1) is 16.1. The Kier molecular flexibility index (Phi) is 9.03. The summed E-state index contributed by atoms with van der Waals surface area (Å²) < 4.78 is 22.1. The zero-order valence-corrected chi connectivity index (χ0v) is 18.8. The molecule has 0 saturated carbocycles. The molecule has 2 unspecified atom stereocenters. The maximum atomic E-state index is 13.1. The Morgan fingerprint density at radius 3 is 2.03 bits per heavy atom. The van der Waals surface area contributed by atoms with Gasteiger partial charge < -0.3 is 18.9 Å². The zero-order valence-electron chi connectivity index (χ0n) is 18.8. The predicted octanol–water partition coefficient (Wildman–Crippen LogP) is 4.72. The van der Waals surface area contributed by atoms with Crippen molar-refractivity contribution in [1.29, 1.82) is 0 Å². The normalized spacial score (nSPS) is 12.4. The molecule has 0 bridgehead atoms. The maximum Gasteiger partial charge on any atom is 0.316 e. The van der Waals surface area contributed by atoms with Gasteiger partial charge in [-0.3, -0.25) is 9.59 Å². The van der Waals surface area contributed by atoms with Crippen molar-refractivity contribution in [3.05, 3.63) is 96.1 Å². The highest BCUT2D eigenvalue weighted by atomic mass is 16.5. The van der Waals surface area contributed by atoms with Crippen LogP contribution in [0.15, 0.2) is 84.9 Å². The van der Waals surface area contributed by atoms with Crippen LogP contribution >= 0.6 is 0 Å². The summed E-state index contributed by atoms with van der Waals surface area (Å²) in [4.78, 5) is 25.6. The molecule has 3 rings (SSSR count). The number of rotatable bonds is 12. The minimum atomic E-state index is -1.00. The molecule has 33 heavy (non-hydrogen) atoms. The van der Waals surface area contributed by atoms with Gasteiger partial charge in [0.15, 0.2) is 5.78 Å². The smallest absolute Gasteiger partial charge is 0.316 e. The second kappa shape index (κ2) is 12.4. The Morgan fingerprint density at radius 1 is 0.788 bits per heavy atom. The van der Waals surface area contributed by atoms with Crippen LogP contribution in [0.5, 0.6) is 11.5 Å². The summed E-state index contributed by atoms with van der Waals surface area (Å²) in [5.74, 6) is -0.471. The van der Waals surface area contributed by atoms with E-state index >= 15 is 0 Å². The number of carbonyl (C=O) groups is 2. The minimum absolute atomic E-state index is 0.128. The van der Waals surface area contributed by atoms with Crippen molar-refractivity contribution in [1.82, 2.24) is 0 Å². The van der Waals surface area contributed by atoms with Gasteiger partial charge >= 0.3 is 5.97 Å². The third kappa shape index (κ3) is 7.19. The summed E-state index contributed by atoms with van der Waals surface area (Å²) in [6, 6.07) is 25.6. The molecule has 0 aliphatic carbocycles. The second-order valence-electron chi connectivity index (χ2n) is 7.45. The molecule has 0 fully saturated rings. The average Bonchev–Trinajstić information content (AvgIpc) is 2.88. The van der Waals surface area contributed by atoms with Gasteiger partial charge in [-0.1, -0.05) is 60.7 Å². The van der Waals surface area contributed by atoms with Gasteiger partial charge in [0.25, 0.3) is 0 Å². The summed E-state index contributed by atoms with van der Waals surface area (Å²) >= 11 is 0. The molecule has 0 aliphatic rings. The molecule has 3 aromatic rings. The van der Waals surface area contributed by atoms with Gasteiger partial charge in [-0.05, 0) is 36.2 Å². The molecule has 0 radical (unpaired) electrons. The molecule has 0 spiro atoms. The molecule has 0 aliphatic heterocycles. The van der Waals surface area contributed by atoms with Crippen molar-refractivity contribution in [3.8, 4) is 11.5 Å². The minimum Gasteiger partial charge on any atom is -0.497 e. The van der Waals surface area contributed by atoms with E-state index in [1.807, 2.05) is 60.7 Å². The van der Waals surface area contributed by atoms with Crippen molar-refractivity contribution in [2.45, 2.75) is 19.1 Å². The molecular formula is C27H28O6. The number of esters is 1. The number of carbonyl (C=O) groups excluding carboxylic acids is 2. The largest absolute Gasteiger partial charge is 0.497 e. The lowest BCUT2D eigenvalue weighted by molar-refractivity contribution is -0.145. The molecule has 0 saturated heterocycles. The number of ether oxygens (including phenoxy) is 4. The van der Waals surface area contributed by atoms with Gasteiger partial charge in [-0.2, -0.15) is 0 Å². The molecular weight excluding hydrogens is 420 g/mol. The van der Waals surface area contributed by atoms with E-state index in [1.54, 1.807) is 31.4 Å². The number of benzene rings is 3. The number of hydrogen-bond donors (Lipinski definition) is 0. The molecule has 0 N–H and O–H groups in total. The van der Waals surface area contributed by atoms with Crippen LogP contribution in [-0.4, -0.2) is 38.7 Å². The van der Waals surface area contributed by atoms with Gasteiger partial charge in [0.2, 0.25) is 0 Å². The van der Waals surface area contributed by atoms with E-state index in [2.05, 4.69) is 0 Å².